The number of methoxy groups -OCH3 is 2. The van der Waals surface area contributed by atoms with Crippen LogP contribution in [0.3, 0.4) is 0 Å². The van der Waals surface area contributed by atoms with Crippen LogP contribution in [0.2, 0.25) is 0 Å². The first-order valence-corrected chi connectivity index (χ1v) is 8.76. The van der Waals surface area contributed by atoms with E-state index in [4.69, 9.17) is 9.47 Å². The number of nitrogens with zero attached hydrogens (tertiary/aromatic N) is 1. The zero-order chi connectivity index (χ0) is 19.0. The molecule has 3 aromatic rings. The van der Waals surface area contributed by atoms with Crippen LogP contribution in [0, 0.1) is 0 Å². The number of carbonyl (C=O) groups is 1. The van der Waals surface area contributed by atoms with Crippen molar-refractivity contribution in [1.29, 1.82) is 0 Å². The van der Waals surface area contributed by atoms with E-state index in [1.807, 2.05) is 24.3 Å². The third-order valence-electron chi connectivity index (χ3n) is 5.02. The normalized spacial score (nSPS) is 13.3. The van der Waals surface area contributed by atoms with Crippen LogP contribution >= 0.6 is 0 Å². The second-order valence-electron chi connectivity index (χ2n) is 6.53. The third-order valence-corrected chi connectivity index (χ3v) is 5.02. The minimum Gasteiger partial charge on any atom is -0.493 e. The predicted octanol–water partition coefficient (Wildman–Crippen LogP) is 2.74. The molecule has 1 aromatic heterocycles. The van der Waals surface area contributed by atoms with Crippen LogP contribution in [-0.4, -0.2) is 36.6 Å². The first-order chi connectivity index (χ1) is 13.1. The van der Waals surface area contributed by atoms with Crippen LogP contribution in [0.4, 0.5) is 0 Å². The van der Waals surface area contributed by atoms with Crippen molar-refractivity contribution in [2.24, 2.45) is 0 Å². The van der Waals surface area contributed by atoms with E-state index < -0.39 is 0 Å². The van der Waals surface area contributed by atoms with Gasteiger partial charge in [0, 0.05) is 30.2 Å². The molecular formula is C21H20N2O4. The number of fused-ring (bicyclic) bond motifs is 2. The lowest BCUT2D eigenvalue weighted by molar-refractivity contribution is 0.0733. The molecular weight excluding hydrogens is 344 g/mol. The quantitative estimate of drug-likeness (QED) is 0.776. The highest BCUT2D eigenvalue weighted by Crippen LogP contribution is 2.33. The lowest BCUT2D eigenvalue weighted by Gasteiger charge is -2.29. The molecule has 2 heterocycles. The summed E-state index contributed by atoms with van der Waals surface area (Å²) in [5.74, 6) is 1.05. The van der Waals surface area contributed by atoms with Gasteiger partial charge in [-0.1, -0.05) is 12.1 Å². The van der Waals surface area contributed by atoms with E-state index in [1.54, 1.807) is 31.3 Å². The van der Waals surface area contributed by atoms with Crippen molar-refractivity contribution in [3.63, 3.8) is 0 Å². The average molecular weight is 364 g/mol. The molecule has 1 amide bonds. The molecule has 1 aliphatic heterocycles. The molecule has 0 radical (unpaired) electrons. The zero-order valence-electron chi connectivity index (χ0n) is 15.2. The maximum absolute atomic E-state index is 13.0. The largest absolute Gasteiger partial charge is 0.493 e. The lowest BCUT2D eigenvalue weighted by atomic mass is 9.98. The van der Waals surface area contributed by atoms with Gasteiger partial charge in [0.2, 0.25) is 5.43 Å². The number of hydrogen-bond acceptors (Lipinski definition) is 4. The fourth-order valence-corrected chi connectivity index (χ4v) is 3.55. The van der Waals surface area contributed by atoms with Gasteiger partial charge in [0.1, 0.15) is 5.56 Å². The Balaban J connectivity index is 1.67. The minimum atomic E-state index is -0.262. The van der Waals surface area contributed by atoms with Gasteiger partial charge in [0.05, 0.1) is 14.2 Å². The molecule has 0 saturated carbocycles. The van der Waals surface area contributed by atoms with E-state index in [-0.39, 0.29) is 16.9 Å². The van der Waals surface area contributed by atoms with Gasteiger partial charge in [-0.05, 0) is 41.8 Å². The van der Waals surface area contributed by atoms with Crippen LogP contribution in [0.5, 0.6) is 11.5 Å². The number of benzene rings is 2. The van der Waals surface area contributed by atoms with E-state index in [0.29, 0.717) is 36.4 Å². The SMILES string of the molecule is COc1cc2c(cc1OC)CN(C(=O)c1c[nH]c3ccccc3c1=O)CC2. The number of ether oxygens (including phenoxy) is 2. The summed E-state index contributed by atoms with van der Waals surface area (Å²) < 4.78 is 10.7. The Morgan fingerprint density at radius 2 is 1.78 bits per heavy atom. The van der Waals surface area contributed by atoms with Crippen molar-refractivity contribution in [2.45, 2.75) is 13.0 Å². The number of rotatable bonds is 3. The Bertz CT molecular complexity index is 1090. The maximum Gasteiger partial charge on any atom is 0.259 e. The van der Waals surface area contributed by atoms with Gasteiger partial charge in [-0.25, -0.2) is 0 Å². The summed E-state index contributed by atoms with van der Waals surface area (Å²) in [7, 11) is 3.19. The summed E-state index contributed by atoms with van der Waals surface area (Å²) in [6.45, 7) is 0.981. The predicted molar refractivity (Wildman–Crippen MR) is 103 cm³/mol. The lowest BCUT2D eigenvalue weighted by Crippen LogP contribution is -2.38. The highest BCUT2D eigenvalue weighted by atomic mass is 16.5. The smallest absolute Gasteiger partial charge is 0.259 e. The number of para-hydroxylation sites is 1. The van der Waals surface area contributed by atoms with Crippen LogP contribution in [0.25, 0.3) is 10.9 Å². The number of hydrogen-bond donors (Lipinski definition) is 1. The number of aromatic nitrogens is 1. The van der Waals surface area contributed by atoms with Crippen molar-refractivity contribution in [3.8, 4) is 11.5 Å². The Morgan fingerprint density at radius 3 is 2.52 bits per heavy atom. The van der Waals surface area contributed by atoms with Gasteiger partial charge in [-0.3, -0.25) is 9.59 Å². The van der Waals surface area contributed by atoms with E-state index in [2.05, 4.69) is 4.98 Å². The van der Waals surface area contributed by atoms with Gasteiger partial charge in [-0.2, -0.15) is 0 Å². The van der Waals surface area contributed by atoms with Crippen LogP contribution < -0.4 is 14.9 Å². The number of pyridine rings is 1. The molecule has 1 N–H and O–H groups in total. The molecule has 27 heavy (non-hydrogen) atoms. The molecule has 0 aliphatic carbocycles. The van der Waals surface area contributed by atoms with E-state index in [0.717, 1.165) is 16.6 Å². The summed E-state index contributed by atoms with van der Waals surface area (Å²) in [6, 6.07) is 11.1. The average Bonchev–Trinajstić information content (AvgIpc) is 2.72. The Labute approximate surface area is 156 Å². The number of aromatic amines is 1. The summed E-state index contributed by atoms with van der Waals surface area (Å²) in [4.78, 5) is 30.5. The van der Waals surface area contributed by atoms with Crippen molar-refractivity contribution < 1.29 is 14.3 Å². The van der Waals surface area contributed by atoms with Crippen molar-refractivity contribution in [1.82, 2.24) is 9.88 Å². The maximum atomic E-state index is 13.0. The number of carbonyl (C=O) groups excluding carboxylic acids is 1. The summed E-state index contributed by atoms with van der Waals surface area (Å²) in [6.07, 6.45) is 2.21. The number of H-pyrrole nitrogens is 1. The molecule has 0 unspecified atom stereocenters. The fourth-order valence-electron chi connectivity index (χ4n) is 3.55. The summed E-state index contributed by atoms with van der Waals surface area (Å²) in [5.41, 5.74) is 2.78. The standard InChI is InChI=1S/C21H20N2O4/c1-26-18-9-13-7-8-23(12-14(13)10-19(18)27-2)21(25)16-11-22-17-6-4-3-5-15(17)20(16)24/h3-6,9-11H,7-8,12H2,1-2H3,(H,22,24). The van der Waals surface area contributed by atoms with Crippen LogP contribution in [0.15, 0.2) is 47.4 Å². The van der Waals surface area contributed by atoms with Crippen molar-refractivity contribution in [2.75, 3.05) is 20.8 Å². The van der Waals surface area contributed by atoms with E-state index in [9.17, 15) is 9.59 Å². The monoisotopic (exact) mass is 364 g/mol. The van der Waals surface area contributed by atoms with Crippen LogP contribution in [0.1, 0.15) is 21.5 Å². The topological polar surface area (TPSA) is 71.6 Å². The number of nitrogens with one attached hydrogen (secondary N) is 1. The molecule has 138 valence electrons. The molecule has 0 atom stereocenters. The summed E-state index contributed by atoms with van der Waals surface area (Å²) in [5, 5.41) is 0.521. The summed E-state index contributed by atoms with van der Waals surface area (Å²) >= 11 is 0. The molecule has 0 saturated heterocycles. The fraction of sp³-hybridized carbons (Fsp3) is 0.238. The Morgan fingerprint density at radius 1 is 1.07 bits per heavy atom. The highest BCUT2D eigenvalue weighted by molar-refractivity contribution is 5.97. The molecule has 0 bridgehead atoms. The minimum absolute atomic E-state index is 0.164. The Kier molecular flexibility index (Phi) is 4.32. The van der Waals surface area contributed by atoms with Gasteiger partial charge in [-0.15, -0.1) is 0 Å². The first kappa shape index (κ1) is 17.1. The molecule has 4 rings (SSSR count). The van der Waals surface area contributed by atoms with E-state index in [1.165, 1.54) is 6.20 Å². The third kappa shape index (κ3) is 2.93. The molecule has 6 heteroatoms. The second-order valence-corrected chi connectivity index (χ2v) is 6.53. The molecule has 1 aliphatic rings. The van der Waals surface area contributed by atoms with E-state index >= 15 is 0 Å². The molecule has 6 nitrogen and oxygen atoms in total. The van der Waals surface area contributed by atoms with Gasteiger partial charge >= 0.3 is 0 Å². The first-order valence-electron chi connectivity index (χ1n) is 8.76. The number of amides is 1. The Hall–Kier alpha value is -3.28. The highest BCUT2D eigenvalue weighted by Gasteiger charge is 2.25. The van der Waals surface area contributed by atoms with Gasteiger partial charge < -0.3 is 19.4 Å². The molecule has 0 fully saturated rings. The van der Waals surface area contributed by atoms with Crippen molar-refractivity contribution >= 4 is 16.8 Å². The molecule has 2 aromatic carbocycles. The van der Waals surface area contributed by atoms with Gasteiger partial charge in [0.25, 0.3) is 5.91 Å². The molecule has 0 spiro atoms. The van der Waals surface area contributed by atoms with Crippen LogP contribution in [-0.2, 0) is 13.0 Å². The van der Waals surface area contributed by atoms with Crippen molar-refractivity contribution in [3.05, 3.63) is 69.5 Å². The second kappa shape index (κ2) is 6.79. The zero-order valence-corrected chi connectivity index (χ0v) is 15.2. The van der Waals surface area contributed by atoms with Gasteiger partial charge in [0.15, 0.2) is 11.5 Å².